The zero-order valence-corrected chi connectivity index (χ0v) is 16.6. The first-order chi connectivity index (χ1) is 14.0. The van der Waals surface area contributed by atoms with Crippen molar-refractivity contribution in [2.24, 2.45) is 0 Å². The first kappa shape index (κ1) is 21.7. The van der Waals surface area contributed by atoms with Crippen LogP contribution in [0.2, 0.25) is 0 Å². The molecule has 0 aliphatic heterocycles. The molecule has 0 bridgehead atoms. The summed E-state index contributed by atoms with van der Waals surface area (Å²) in [6, 6.07) is 11.3. The molecule has 0 fully saturated rings. The van der Waals surface area contributed by atoms with Gasteiger partial charge in [-0.3, -0.25) is 0 Å². The fraction of sp³-hybridized carbons (Fsp3) is 0.286. The summed E-state index contributed by atoms with van der Waals surface area (Å²) in [6.45, 7) is 2.76. The number of methoxy groups -OCH3 is 2. The molecular weight excluding hydrogens is 376 g/mol. The van der Waals surface area contributed by atoms with Crippen molar-refractivity contribution < 1.29 is 28.6 Å². The molecule has 2 rings (SSSR count). The van der Waals surface area contributed by atoms with Gasteiger partial charge in [0.25, 0.3) is 0 Å². The van der Waals surface area contributed by atoms with Crippen LogP contribution in [0.15, 0.2) is 42.5 Å². The van der Waals surface area contributed by atoms with Gasteiger partial charge in [0.15, 0.2) is 0 Å². The number of aryl methyl sites for hydroxylation is 1. The summed E-state index contributed by atoms with van der Waals surface area (Å²) in [4.78, 5) is 35.8. The number of anilines is 1. The van der Waals surface area contributed by atoms with Crippen molar-refractivity contribution in [3.63, 3.8) is 0 Å². The maximum absolute atomic E-state index is 12.2. The molecule has 8 heteroatoms. The molecule has 0 aromatic heterocycles. The molecule has 0 aliphatic carbocycles. The van der Waals surface area contributed by atoms with Crippen molar-refractivity contribution in [3.05, 3.63) is 59.2 Å². The van der Waals surface area contributed by atoms with Crippen LogP contribution in [-0.4, -0.2) is 45.3 Å². The minimum absolute atomic E-state index is 0.123. The molecule has 0 saturated heterocycles. The zero-order valence-electron chi connectivity index (χ0n) is 16.6. The van der Waals surface area contributed by atoms with Crippen molar-refractivity contribution in [1.29, 1.82) is 0 Å². The van der Waals surface area contributed by atoms with Gasteiger partial charge in [0.1, 0.15) is 5.75 Å². The van der Waals surface area contributed by atoms with E-state index in [1.165, 1.54) is 32.4 Å². The Balaban J connectivity index is 1.90. The minimum Gasteiger partial charge on any atom is -0.493 e. The first-order valence-electron chi connectivity index (χ1n) is 9.00. The average Bonchev–Trinajstić information content (AvgIpc) is 2.73. The Labute approximate surface area is 169 Å². The molecule has 2 N–H and O–H groups in total. The molecule has 2 aromatic rings. The molecule has 0 aliphatic rings. The van der Waals surface area contributed by atoms with Gasteiger partial charge in [-0.15, -0.1) is 0 Å². The lowest BCUT2D eigenvalue weighted by Crippen LogP contribution is -2.31. The highest BCUT2D eigenvalue weighted by atomic mass is 16.5. The van der Waals surface area contributed by atoms with Crippen LogP contribution in [0.4, 0.5) is 10.5 Å². The minimum atomic E-state index is -0.636. The van der Waals surface area contributed by atoms with Gasteiger partial charge in [-0.05, 0) is 43.2 Å². The van der Waals surface area contributed by atoms with Crippen LogP contribution < -0.4 is 15.4 Å². The Hall–Kier alpha value is -3.55. The van der Waals surface area contributed by atoms with E-state index >= 15 is 0 Å². The second-order valence-corrected chi connectivity index (χ2v) is 6.09. The van der Waals surface area contributed by atoms with Crippen molar-refractivity contribution in [3.8, 4) is 5.75 Å². The molecule has 2 amide bonds. The first-order valence-corrected chi connectivity index (χ1v) is 9.00. The molecular formula is C21H24N2O6. The highest BCUT2D eigenvalue weighted by Crippen LogP contribution is 2.20. The molecule has 0 spiro atoms. The Morgan fingerprint density at radius 1 is 0.966 bits per heavy atom. The fourth-order valence-corrected chi connectivity index (χ4v) is 2.52. The number of hydrogen-bond donors (Lipinski definition) is 2. The number of carbonyl (C=O) groups is 3. The number of amides is 2. The van der Waals surface area contributed by atoms with Crippen molar-refractivity contribution in [2.45, 2.75) is 13.3 Å². The predicted octanol–water partition coefficient (Wildman–Crippen LogP) is 3.16. The number of hydrogen-bond acceptors (Lipinski definition) is 6. The van der Waals surface area contributed by atoms with Gasteiger partial charge in [-0.25, -0.2) is 14.4 Å². The number of carbonyl (C=O) groups excluding carboxylic acids is 3. The van der Waals surface area contributed by atoms with Crippen LogP contribution in [0.5, 0.6) is 5.75 Å². The third kappa shape index (κ3) is 6.24. The third-order valence-corrected chi connectivity index (χ3v) is 4.05. The smallest absolute Gasteiger partial charge is 0.339 e. The normalized spacial score (nSPS) is 10.0. The van der Waals surface area contributed by atoms with Crippen LogP contribution >= 0.6 is 0 Å². The summed E-state index contributed by atoms with van der Waals surface area (Å²) < 4.78 is 15.0. The number of ether oxygens (including phenoxy) is 3. The molecule has 154 valence electrons. The lowest BCUT2D eigenvalue weighted by atomic mass is 10.1. The molecule has 2 aromatic carbocycles. The molecule has 0 unspecified atom stereocenters. The summed E-state index contributed by atoms with van der Waals surface area (Å²) >= 11 is 0. The van der Waals surface area contributed by atoms with Crippen LogP contribution in [0, 0.1) is 6.92 Å². The van der Waals surface area contributed by atoms with Gasteiger partial charge < -0.3 is 24.8 Å². The summed E-state index contributed by atoms with van der Waals surface area (Å²) in [6.07, 6.45) is 0.591. The predicted molar refractivity (Wildman–Crippen MR) is 107 cm³/mol. The molecule has 8 nitrogen and oxygen atoms in total. The van der Waals surface area contributed by atoms with Gasteiger partial charge in [-0.2, -0.15) is 0 Å². The Kier molecular flexibility index (Phi) is 8.02. The lowest BCUT2D eigenvalue weighted by molar-refractivity contribution is 0.0587. The van der Waals surface area contributed by atoms with E-state index in [0.717, 1.165) is 11.3 Å². The van der Waals surface area contributed by atoms with E-state index in [1.54, 1.807) is 0 Å². The van der Waals surface area contributed by atoms with E-state index in [2.05, 4.69) is 15.4 Å². The van der Waals surface area contributed by atoms with Crippen LogP contribution in [0.1, 0.15) is 32.7 Å². The number of para-hydroxylation sites is 1. The summed E-state index contributed by atoms with van der Waals surface area (Å²) in [5.41, 5.74) is 1.51. The van der Waals surface area contributed by atoms with Crippen LogP contribution in [0.25, 0.3) is 0 Å². The maximum atomic E-state index is 12.2. The van der Waals surface area contributed by atoms with Crippen molar-refractivity contribution in [2.75, 3.05) is 32.7 Å². The standard InChI is InChI=1S/C21H24N2O6/c1-14-7-4-5-8-18(14)29-12-6-11-22-21(26)23-17-13-15(19(24)27-2)9-10-16(17)20(25)28-3/h4-5,7-10,13H,6,11-12H2,1-3H3,(H2,22,23,26). The second kappa shape index (κ2) is 10.7. The maximum Gasteiger partial charge on any atom is 0.339 e. The highest BCUT2D eigenvalue weighted by Gasteiger charge is 2.17. The summed E-state index contributed by atoms with van der Waals surface area (Å²) in [7, 11) is 2.48. The largest absolute Gasteiger partial charge is 0.493 e. The number of nitrogens with one attached hydrogen (secondary N) is 2. The average molecular weight is 400 g/mol. The molecule has 0 atom stereocenters. The second-order valence-electron chi connectivity index (χ2n) is 6.09. The van der Waals surface area contributed by atoms with Gasteiger partial charge >= 0.3 is 18.0 Å². The van der Waals surface area contributed by atoms with Crippen LogP contribution in [0.3, 0.4) is 0 Å². The number of esters is 2. The molecule has 0 radical (unpaired) electrons. The van der Waals surface area contributed by atoms with Crippen molar-refractivity contribution >= 4 is 23.7 Å². The van der Waals surface area contributed by atoms with Gasteiger partial charge in [-0.1, -0.05) is 18.2 Å². The number of urea groups is 1. The fourth-order valence-electron chi connectivity index (χ4n) is 2.52. The molecule has 0 heterocycles. The third-order valence-electron chi connectivity index (χ3n) is 4.05. The summed E-state index contributed by atoms with van der Waals surface area (Å²) in [5, 5.41) is 5.24. The molecule has 0 saturated carbocycles. The zero-order chi connectivity index (χ0) is 21.2. The van der Waals surface area contributed by atoms with E-state index in [9.17, 15) is 14.4 Å². The SMILES string of the molecule is COC(=O)c1ccc(C(=O)OC)c(NC(=O)NCCCOc2ccccc2C)c1. The highest BCUT2D eigenvalue weighted by molar-refractivity contribution is 6.03. The summed E-state index contributed by atoms with van der Waals surface area (Å²) in [5.74, 6) is -0.416. The van der Waals surface area contributed by atoms with E-state index < -0.39 is 18.0 Å². The van der Waals surface area contributed by atoms with E-state index in [1.807, 2.05) is 31.2 Å². The van der Waals surface area contributed by atoms with Gasteiger partial charge in [0.05, 0.1) is 37.6 Å². The Morgan fingerprint density at radius 3 is 2.38 bits per heavy atom. The van der Waals surface area contributed by atoms with Crippen molar-refractivity contribution in [1.82, 2.24) is 5.32 Å². The Morgan fingerprint density at radius 2 is 1.69 bits per heavy atom. The van der Waals surface area contributed by atoms with E-state index in [-0.39, 0.29) is 16.8 Å². The lowest BCUT2D eigenvalue weighted by Gasteiger charge is -2.13. The van der Waals surface area contributed by atoms with Gasteiger partial charge in [0.2, 0.25) is 0 Å². The van der Waals surface area contributed by atoms with Crippen LogP contribution in [-0.2, 0) is 9.47 Å². The van der Waals surface area contributed by atoms with E-state index in [4.69, 9.17) is 9.47 Å². The number of benzene rings is 2. The quantitative estimate of drug-likeness (QED) is 0.521. The van der Waals surface area contributed by atoms with Gasteiger partial charge in [0, 0.05) is 6.54 Å². The monoisotopic (exact) mass is 400 g/mol. The molecule has 29 heavy (non-hydrogen) atoms. The number of rotatable bonds is 8. The van der Waals surface area contributed by atoms with E-state index in [0.29, 0.717) is 19.6 Å². The Bertz CT molecular complexity index is 881. The topological polar surface area (TPSA) is 103 Å².